The van der Waals surface area contributed by atoms with Crippen LogP contribution < -0.4 is 15.8 Å². The van der Waals surface area contributed by atoms with Crippen LogP contribution in [-0.2, 0) is 14.3 Å². The van der Waals surface area contributed by atoms with E-state index in [4.69, 9.17) is 38.4 Å². The van der Waals surface area contributed by atoms with Crippen molar-refractivity contribution in [1.29, 1.82) is 0 Å². The van der Waals surface area contributed by atoms with Crippen LogP contribution in [-0.4, -0.2) is 31.0 Å². The summed E-state index contributed by atoms with van der Waals surface area (Å²) in [5, 5.41) is 5.29. The Morgan fingerprint density at radius 1 is 1.19 bits per heavy atom. The highest BCUT2D eigenvalue weighted by Crippen LogP contribution is 2.27. The van der Waals surface area contributed by atoms with Gasteiger partial charge in [-0.3, -0.25) is 14.4 Å². The molecule has 0 aliphatic carbocycles. The van der Waals surface area contributed by atoms with Crippen molar-refractivity contribution < 1.29 is 23.9 Å². The van der Waals surface area contributed by atoms with Gasteiger partial charge in [0.1, 0.15) is 10.8 Å². The third kappa shape index (κ3) is 6.74. The van der Waals surface area contributed by atoms with E-state index in [1.54, 1.807) is 23.6 Å². The second-order valence-electron chi connectivity index (χ2n) is 5.26. The average Bonchev–Trinajstić information content (AvgIpc) is 3.06. The van der Waals surface area contributed by atoms with Crippen LogP contribution in [0.1, 0.15) is 23.2 Å². The number of halogens is 2. The number of hydrogen-bond donors (Lipinski definition) is 2. The Labute approximate surface area is 169 Å². The summed E-state index contributed by atoms with van der Waals surface area (Å²) in [6, 6.07) is 6.34. The minimum atomic E-state index is -0.649. The molecule has 2 rings (SSSR count). The lowest BCUT2D eigenvalue weighted by atomic mass is 10.3. The molecule has 0 radical (unpaired) electrons. The minimum absolute atomic E-state index is 0.0734. The minimum Gasteiger partial charge on any atom is -0.492 e. The zero-order valence-corrected chi connectivity index (χ0v) is 16.3. The highest BCUT2D eigenvalue weighted by Gasteiger charge is 2.14. The van der Waals surface area contributed by atoms with Crippen molar-refractivity contribution in [1.82, 2.24) is 0 Å². The van der Waals surface area contributed by atoms with Crippen molar-refractivity contribution in [2.75, 3.05) is 18.5 Å². The quantitative estimate of drug-likeness (QED) is 0.467. The van der Waals surface area contributed by atoms with Crippen LogP contribution in [0.4, 0.5) is 5.00 Å². The van der Waals surface area contributed by atoms with Gasteiger partial charge in [0.25, 0.3) is 11.8 Å². The maximum atomic E-state index is 11.8. The van der Waals surface area contributed by atoms with Crippen molar-refractivity contribution in [3.8, 4) is 5.75 Å². The molecule has 2 amide bonds. The summed E-state index contributed by atoms with van der Waals surface area (Å²) < 4.78 is 10.3. The molecule has 0 saturated heterocycles. The number of nitrogens with one attached hydrogen (secondary N) is 1. The Morgan fingerprint density at radius 3 is 2.67 bits per heavy atom. The summed E-state index contributed by atoms with van der Waals surface area (Å²) in [5.41, 5.74) is 5.39. The van der Waals surface area contributed by atoms with Crippen molar-refractivity contribution in [2.24, 2.45) is 5.73 Å². The fraction of sp³-hybridized carbons (Fsp3) is 0.235. The Hall–Kier alpha value is -2.29. The molecular weight excluding hydrogens is 415 g/mol. The summed E-state index contributed by atoms with van der Waals surface area (Å²) in [7, 11) is 0. The van der Waals surface area contributed by atoms with E-state index >= 15 is 0 Å². The molecule has 1 aromatic heterocycles. The monoisotopic (exact) mass is 430 g/mol. The van der Waals surface area contributed by atoms with Gasteiger partial charge < -0.3 is 20.5 Å². The fourth-order valence-electron chi connectivity index (χ4n) is 1.97. The molecule has 10 heteroatoms. The number of carbonyl (C=O) groups is 3. The van der Waals surface area contributed by atoms with E-state index < -0.39 is 24.4 Å². The van der Waals surface area contributed by atoms with Gasteiger partial charge >= 0.3 is 5.97 Å². The number of nitrogens with two attached hydrogens (primary N) is 1. The molecule has 0 aliphatic rings. The standard InChI is InChI=1S/C17H16Cl2N2O5S/c18-10-3-4-13(12(19)8-10)25-6-1-2-15(23)26-9-14(22)21-17-11(16(20)24)5-7-27-17/h3-5,7-8H,1-2,6,9H2,(H2,20,24)(H,21,22). The van der Waals surface area contributed by atoms with Crippen LogP contribution in [0.25, 0.3) is 0 Å². The van der Waals surface area contributed by atoms with Gasteiger partial charge in [0.15, 0.2) is 6.61 Å². The number of carbonyl (C=O) groups excluding carboxylic acids is 3. The van der Waals surface area contributed by atoms with Gasteiger partial charge in [-0.1, -0.05) is 23.2 Å². The third-order valence-electron chi connectivity index (χ3n) is 3.22. The van der Waals surface area contributed by atoms with E-state index in [1.807, 2.05) is 0 Å². The first-order valence-corrected chi connectivity index (χ1v) is 9.41. The Kier molecular flexibility index (Phi) is 7.90. The topological polar surface area (TPSA) is 108 Å². The van der Waals surface area contributed by atoms with Gasteiger partial charge in [-0.2, -0.15) is 0 Å². The summed E-state index contributed by atoms with van der Waals surface area (Å²) in [5.74, 6) is -1.28. The van der Waals surface area contributed by atoms with Crippen LogP contribution in [0.2, 0.25) is 10.0 Å². The zero-order valence-electron chi connectivity index (χ0n) is 14.0. The molecule has 0 spiro atoms. The van der Waals surface area contributed by atoms with Gasteiger partial charge in [-0.05, 0) is 36.1 Å². The Balaban J connectivity index is 1.66. The highest BCUT2D eigenvalue weighted by molar-refractivity contribution is 7.14. The molecule has 27 heavy (non-hydrogen) atoms. The van der Waals surface area contributed by atoms with Gasteiger partial charge in [0.05, 0.1) is 17.2 Å². The number of rotatable bonds is 9. The van der Waals surface area contributed by atoms with Gasteiger partial charge in [-0.25, -0.2) is 0 Å². The van der Waals surface area contributed by atoms with E-state index in [9.17, 15) is 14.4 Å². The van der Waals surface area contributed by atoms with Gasteiger partial charge in [0.2, 0.25) is 0 Å². The van der Waals surface area contributed by atoms with Crippen molar-refractivity contribution in [3.63, 3.8) is 0 Å². The number of thiophene rings is 1. The second kappa shape index (κ2) is 10.1. The number of esters is 1. The van der Waals surface area contributed by atoms with Gasteiger partial charge in [-0.15, -0.1) is 11.3 Å². The highest BCUT2D eigenvalue weighted by atomic mass is 35.5. The van der Waals surface area contributed by atoms with Crippen molar-refractivity contribution >= 4 is 57.3 Å². The predicted octanol–water partition coefficient (Wildman–Crippen LogP) is 3.49. The largest absolute Gasteiger partial charge is 0.492 e. The molecule has 3 N–H and O–H groups in total. The van der Waals surface area contributed by atoms with E-state index in [-0.39, 0.29) is 18.6 Å². The number of ether oxygens (including phenoxy) is 2. The maximum Gasteiger partial charge on any atom is 0.306 e. The van der Waals surface area contributed by atoms with Crippen molar-refractivity contribution in [3.05, 3.63) is 45.3 Å². The molecular formula is C17H16Cl2N2O5S. The molecule has 0 unspecified atom stereocenters. The van der Waals surface area contributed by atoms with E-state index in [0.717, 1.165) is 11.3 Å². The summed E-state index contributed by atoms with van der Waals surface area (Å²) in [6.45, 7) is -0.210. The van der Waals surface area contributed by atoms with E-state index in [2.05, 4.69) is 5.32 Å². The number of benzene rings is 1. The molecule has 2 aromatic rings. The SMILES string of the molecule is NC(=O)c1ccsc1NC(=O)COC(=O)CCCOc1ccc(Cl)cc1Cl. The normalized spacial score (nSPS) is 10.3. The molecule has 0 saturated carbocycles. The molecule has 0 atom stereocenters. The number of primary amides is 1. The predicted molar refractivity (Wildman–Crippen MR) is 104 cm³/mol. The summed E-state index contributed by atoms with van der Waals surface area (Å²) in [6.07, 6.45) is 0.459. The first-order chi connectivity index (χ1) is 12.9. The molecule has 0 bridgehead atoms. The van der Waals surface area contributed by atoms with Crippen LogP contribution in [0.5, 0.6) is 5.75 Å². The van der Waals surface area contributed by atoms with Gasteiger partial charge in [0, 0.05) is 11.4 Å². The van der Waals surface area contributed by atoms with Crippen molar-refractivity contribution in [2.45, 2.75) is 12.8 Å². The Bertz CT molecular complexity index is 840. The van der Waals surface area contributed by atoms with E-state index in [1.165, 1.54) is 6.07 Å². The molecule has 1 aromatic carbocycles. The third-order valence-corrected chi connectivity index (χ3v) is 4.58. The first-order valence-electron chi connectivity index (χ1n) is 7.77. The molecule has 0 fully saturated rings. The maximum absolute atomic E-state index is 11.8. The van der Waals surface area contributed by atoms with Crippen LogP contribution in [0, 0.1) is 0 Å². The molecule has 1 heterocycles. The lowest BCUT2D eigenvalue weighted by Crippen LogP contribution is -2.22. The number of anilines is 1. The summed E-state index contributed by atoms with van der Waals surface area (Å²) >= 11 is 12.9. The summed E-state index contributed by atoms with van der Waals surface area (Å²) in [4.78, 5) is 34.6. The van der Waals surface area contributed by atoms with Crippen LogP contribution >= 0.6 is 34.5 Å². The smallest absolute Gasteiger partial charge is 0.306 e. The fourth-order valence-corrected chi connectivity index (χ4v) is 3.24. The number of amides is 2. The second-order valence-corrected chi connectivity index (χ2v) is 7.02. The molecule has 144 valence electrons. The lowest BCUT2D eigenvalue weighted by molar-refractivity contribution is -0.147. The number of hydrogen-bond acceptors (Lipinski definition) is 6. The van der Waals surface area contributed by atoms with Crippen LogP contribution in [0.3, 0.4) is 0 Å². The van der Waals surface area contributed by atoms with Crippen LogP contribution in [0.15, 0.2) is 29.6 Å². The molecule has 0 aliphatic heterocycles. The molecule has 7 nitrogen and oxygen atoms in total. The van der Waals surface area contributed by atoms with E-state index in [0.29, 0.717) is 27.2 Å². The first kappa shape index (κ1) is 21.0. The lowest BCUT2D eigenvalue weighted by Gasteiger charge is -2.08. The zero-order chi connectivity index (χ0) is 19.8. The Morgan fingerprint density at radius 2 is 1.96 bits per heavy atom. The average molecular weight is 431 g/mol.